The minimum atomic E-state index is -0.320. The van der Waals surface area contributed by atoms with Crippen LogP contribution in [0.4, 0.5) is 0 Å². The highest BCUT2D eigenvalue weighted by Crippen LogP contribution is 2.25. The van der Waals surface area contributed by atoms with Crippen molar-refractivity contribution in [2.45, 2.75) is 13.0 Å². The van der Waals surface area contributed by atoms with Crippen LogP contribution in [0.2, 0.25) is 5.02 Å². The maximum absolute atomic E-state index is 11.9. The molecule has 1 aliphatic heterocycles. The number of hydrogen-bond donors (Lipinski definition) is 1. The molecule has 16 heavy (non-hydrogen) atoms. The molecule has 1 atom stereocenters. The molecule has 2 N–H and O–H groups in total. The van der Waals surface area contributed by atoms with E-state index in [1.54, 1.807) is 19.1 Å². The lowest BCUT2D eigenvalue weighted by Gasteiger charge is -2.15. The zero-order valence-electron chi connectivity index (χ0n) is 8.74. The maximum Gasteiger partial charge on any atom is 0.261 e. The second-order valence-corrected chi connectivity index (χ2v) is 4.32. The molecule has 84 valence electrons. The molecule has 1 aliphatic rings. The third-order valence-corrected chi connectivity index (χ3v) is 2.64. The predicted octanol–water partition coefficient (Wildman–Crippen LogP) is 1.28. The summed E-state index contributed by atoms with van der Waals surface area (Å²) < 4.78 is 0. The van der Waals surface area contributed by atoms with Crippen LogP contribution in [-0.2, 0) is 0 Å². The average Bonchev–Trinajstić information content (AvgIpc) is 2.43. The standard InChI is InChI=1S/C11H11ClN2O2/c1-6(13)5-14-10(15)8-3-2-7(12)4-9(8)11(14)16/h2-4,6H,5,13H2,1H3. The van der Waals surface area contributed by atoms with Crippen LogP contribution in [0.15, 0.2) is 18.2 Å². The summed E-state index contributed by atoms with van der Waals surface area (Å²) in [6.45, 7) is 1.97. The highest BCUT2D eigenvalue weighted by atomic mass is 35.5. The summed E-state index contributed by atoms with van der Waals surface area (Å²) in [6, 6.07) is 4.44. The number of carbonyl (C=O) groups is 2. The first-order valence-corrected chi connectivity index (χ1v) is 5.30. The van der Waals surface area contributed by atoms with E-state index in [1.165, 1.54) is 6.07 Å². The van der Waals surface area contributed by atoms with Crippen LogP contribution in [0, 0.1) is 0 Å². The van der Waals surface area contributed by atoms with Gasteiger partial charge in [-0.25, -0.2) is 0 Å². The number of rotatable bonds is 2. The maximum atomic E-state index is 11.9. The fourth-order valence-electron chi connectivity index (χ4n) is 1.72. The molecule has 2 amide bonds. The number of amides is 2. The molecule has 1 unspecified atom stereocenters. The summed E-state index contributed by atoms with van der Waals surface area (Å²) in [6.07, 6.45) is 0. The van der Waals surface area contributed by atoms with Crippen molar-refractivity contribution in [3.63, 3.8) is 0 Å². The summed E-state index contributed by atoms with van der Waals surface area (Å²) in [5.74, 6) is -0.617. The molecule has 0 aromatic heterocycles. The van der Waals surface area contributed by atoms with Gasteiger partial charge < -0.3 is 5.73 Å². The van der Waals surface area contributed by atoms with Gasteiger partial charge in [-0.3, -0.25) is 14.5 Å². The number of nitrogens with two attached hydrogens (primary N) is 1. The van der Waals surface area contributed by atoms with Gasteiger partial charge in [0.2, 0.25) is 0 Å². The Bertz CT molecular complexity index is 471. The lowest BCUT2D eigenvalue weighted by atomic mass is 10.1. The Morgan fingerprint density at radius 3 is 2.56 bits per heavy atom. The van der Waals surface area contributed by atoms with Gasteiger partial charge in [-0.2, -0.15) is 0 Å². The van der Waals surface area contributed by atoms with Crippen LogP contribution in [0.5, 0.6) is 0 Å². The van der Waals surface area contributed by atoms with E-state index in [4.69, 9.17) is 17.3 Å². The van der Waals surface area contributed by atoms with Crippen molar-refractivity contribution < 1.29 is 9.59 Å². The van der Waals surface area contributed by atoms with Crippen LogP contribution >= 0.6 is 11.6 Å². The first kappa shape index (κ1) is 11.1. The largest absolute Gasteiger partial charge is 0.326 e. The molecule has 0 radical (unpaired) electrons. The topological polar surface area (TPSA) is 63.4 Å². The van der Waals surface area contributed by atoms with Crippen LogP contribution < -0.4 is 5.73 Å². The zero-order valence-corrected chi connectivity index (χ0v) is 9.49. The molecule has 0 saturated carbocycles. The molecule has 2 rings (SSSR count). The third-order valence-electron chi connectivity index (χ3n) is 2.40. The van der Waals surface area contributed by atoms with E-state index < -0.39 is 0 Å². The Kier molecular flexibility index (Phi) is 2.69. The summed E-state index contributed by atoms with van der Waals surface area (Å²) in [5.41, 5.74) is 6.35. The van der Waals surface area contributed by atoms with E-state index in [1.807, 2.05) is 0 Å². The van der Waals surface area contributed by atoms with Crippen molar-refractivity contribution in [2.24, 2.45) is 5.73 Å². The smallest absolute Gasteiger partial charge is 0.261 e. The molecule has 0 fully saturated rings. The number of hydrogen-bond acceptors (Lipinski definition) is 3. The number of halogens is 1. The van der Waals surface area contributed by atoms with Gasteiger partial charge in [0.25, 0.3) is 11.8 Å². The number of imide groups is 1. The van der Waals surface area contributed by atoms with E-state index in [0.29, 0.717) is 16.1 Å². The van der Waals surface area contributed by atoms with Crippen LogP contribution in [0.3, 0.4) is 0 Å². The fraction of sp³-hybridized carbons (Fsp3) is 0.273. The van der Waals surface area contributed by atoms with Gasteiger partial charge >= 0.3 is 0 Å². The van der Waals surface area contributed by atoms with E-state index in [2.05, 4.69) is 0 Å². The van der Waals surface area contributed by atoms with Gasteiger partial charge in [0.15, 0.2) is 0 Å². The second kappa shape index (κ2) is 3.88. The lowest BCUT2D eigenvalue weighted by molar-refractivity contribution is 0.0647. The molecule has 0 saturated heterocycles. The van der Waals surface area contributed by atoms with Crippen molar-refractivity contribution in [3.8, 4) is 0 Å². The van der Waals surface area contributed by atoms with Gasteiger partial charge in [-0.1, -0.05) is 11.6 Å². The van der Waals surface area contributed by atoms with E-state index in [9.17, 15) is 9.59 Å². The molecule has 0 spiro atoms. The molecular formula is C11H11ClN2O2. The highest BCUT2D eigenvalue weighted by molar-refractivity contribution is 6.32. The van der Waals surface area contributed by atoms with Crippen LogP contribution in [-0.4, -0.2) is 29.3 Å². The second-order valence-electron chi connectivity index (χ2n) is 3.89. The highest BCUT2D eigenvalue weighted by Gasteiger charge is 2.35. The lowest BCUT2D eigenvalue weighted by Crippen LogP contribution is -2.39. The summed E-state index contributed by atoms with van der Waals surface area (Å²) in [4.78, 5) is 24.9. The molecular weight excluding hydrogens is 228 g/mol. The molecule has 0 aliphatic carbocycles. The molecule has 1 aromatic rings. The summed E-state index contributed by atoms with van der Waals surface area (Å²) >= 11 is 5.78. The Morgan fingerprint density at radius 2 is 1.94 bits per heavy atom. The number of carbonyl (C=O) groups excluding carboxylic acids is 2. The Balaban J connectivity index is 2.40. The first-order valence-electron chi connectivity index (χ1n) is 4.92. The van der Waals surface area contributed by atoms with Gasteiger partial charge in [0.05, 0.1) is 11.1 Å². The Morgan fingerprint density at radius 1 is 1.31 bits per heavy atom. The van der Waals surface area contributed by atoms with Crippen molar-refractivity contribution in [2.75, 3.05) is 6.54 Å². The number of fused-ring (bicyclic) bond motifs is 1. The predicted molar refractivity (Wildman–Crippen MR) is 60.5 cm³/mol. The van der Waals surface area contributed by atoms with Crippen molar-refractivity contribution in [3.05, 3.63) is 34.3 Å². The van der Waals surface area contributed by atoms with E-state index in [0.717, 1.165) is 4.90 Å². The SMILES string of the molecule is CC(N)CN1C(=O)c2ccc(Cl)cc2C1=O. The van der Waals surface area contributed by atoms with E-state index >= 15 is 0 Å². The van der Waals surface area contributed by atoms with Crippen molar-refractivity contribution in [1.82, 2.24) is 4.90 Å². The quantitative estimate of drug-likeness (QED) is 0.790. The Labute approximate surface area is 98.0 Å². The van der Waals surface area contributed by atoms with Gasteiger partial charge in [0.1, 0.15) is 0 Å². The minimum Gasteiger partial charge on any atom is -0.326 e. The van der Waals surface area contributed by atoms with Crippen LogP contribution in [0.1, 0.15) is 27.6 Å². The van der Waals surface area contributed by atoms with Crippen molar-refractivity contribution >= 4 is 23.4 Å². The zero-order chi connectivity index (χ0) is 11.9. The normalized spacial score (nSPS) is 16.6. The summed E-state index contributed by atoms with van der Waals surface area (Å²) in [7, 11) is 0. The first-order chi connectivity index (χ1) is 7.50. The van der Waals surface area contributed by atoms with Gasteiger partial charge in [0, 0.05) is 17.6 Å². The Hall–Kier alpha value is -1.39. The summed E-state index contributed by atoms with van der Waals surface area (Å²) in [5, 5.41) is 0.447. The number of benzene rings is 1. The minimum absolute atomic E-state index is 0.226. The molecule has 1 aromatic carbocycles. The van der Waals surface area contributed by atoms with Gasteiger partial charge in [-0.15, -0.1) is 0 Å². The van der Waals surface area contributed by atoms with Gasteiger partial charge in [-0.05, 0) is 25.1 Å². The number of nitrogens with zero attached hydrogens (tertiary/aromatic N) is 1. The third kappa shape index (κ3) is 1.70. The fourth-order valence-corrected chi connectivity index (χ4v) is 1.89. The van der Waals surface area contributed by atoms with E-state index in [-0.39, 0.29) is 24.4 Å². The average molecular weight is 239 g/mol. The van der Waals surface area contributed by atoms with Crippen LogP contribution in [0.25, 0.3) is 0 Å². The van der Waals surface area contributed by atoms with Crippen molar-refractivity contribution in [1.29, 1.82) is 0 Å². The molecule has 0 bridgehead atoms. The molecule has 5 heteroatoms. The molecule has 1 heterocycles. The monoisotopic (exact) mass is 238 g/mol. The molecule has 4 nitrogen and oxygen atoms in total.